The van der Waals surface area contributed by atoms with Gasteiger partial charge < -0.3 is 9.88 Å². The van der Waals surface area contributed by atoms with Crippen molar-refractivity contribution >= 4 is 28.6 Å². The first-order valence-electron chi connectivity index (χ1n) is 11.3. The summed E-state index contributed by atoms with van der Waals surface area (Å²) >= 11 is 1.47. The van der Waals surface area contributed by atoms with Crippen molar-refractivity contribution in [1.29, 1.82) is 0 Å². The molecule has 164 valence electrons. The fraction of sp³-hybridized carbons (Fsp3) is 0.320. The highest BCUT2D eigenvalue weighted by molar-refractivity contribution is 7.99. The first-order valence-corrected chi connectivity index (χ1v) is 12.2. The van der Waals surface area contributed by atoms with E-state index in [0.29, 0.717) is 11.8 Å². The number of likely N-dealkylation sites (tertiary alicyclic amines) is 1. The average molecular weight is 446 g/mol. The summed E-state index contributed by atoms with van der Waals surface area (Å²) in [6.07, 6.45) is 6.41. The third-order valence-corrected chi connectivity index (χ3v) is 7.14. The summed E-state index contributed by atoms with van der Waals surface area (Å²) in [6, 6.07) is 18.7. The van der Waals surface area contributed by atoms with Crippen LogP contribution in [-0.2, 0) is 4.79 Å². The number of carbonyl (C=O) groups is 1. The molecule has 1 amide bonds. The third kappa shape index (κ3) is 3.93. The van der Waals surface area contributed by atoms with Crippen molar-refractivity contribution in [3.05, 3.63) is 60.8 Å². The van der Waals surface area contributed by atoms with Gasteiger partial charge in [-0.2, -0.15) is 0 Å². The van der Waals surface area contributed by atoms with Gasteiger partial charge in [-0.15, -0.1) is 10.2 Å². The number of amides is 1. The van der Waals surface area contributed by atoms with Crippen molar-refractivity contribution in [1.82, 2.24) is 24.6 Å². The molecule has 6 nitrogen and oxygen atoms in total. The minimum Gasteiger partial charge on any atom is -0.360 e. The van der Waals surface area contributed by atoms with Gasteiger partial charge in [-0.1, -0.05) is 55.1 Å². The van der Waals surface area contributed by atoms with Crippen LogP contribution in [0.1, 0.15) is 32.6 Å². The summed E-state index contributed by atoms with van der Waals surface area (Å²) < 4.78 is 2.06. The standard InChI is InChI=1S/C25H27N5OS/c1-2-18-10-8-9-15-29(18)23(31)17-32-25-28-27-24(30(25)19-11-4-3-5-12-19)21-16-26-22-14-7-6-13-20(21)22/h3-7,11-14,16,18,26H,2,8-10,15,17H2,1H3. The lowest BCUT2D eigenvalue weighted by Gasteiger charge is -2.35. The van der Waals surface area contributed by atoms with Crippen LogP contribution in [0.2, 0.25) is 0 Å². The fourth-order valence-corrected chi connectivity index (χ4v) is 5.40. The highest BCUT2D eigenvalue weighted by Crippen LogP contribution is 2.32. The number of hydrogen-bond acceptors (Lipinski definition) is 4. The van der Waals surface area contributed by atoms with E-state index in [1.165, 1.54) is 18.2 Å². The second kappa shape index (κ2) is 9.20. The molecule has 1 atom stereocenters. The van der Waals surface area contributed by atoms with Crippen LogP contribution in [0.5, 0.6) is 0 Å². The van der Waals surface area contributed by atoms with Crippen molar-refractivity contribution in [3.63, 3.8) is 0 Å². The van der Waals surface area contributed by atoms with Gasteiger partial charge in [-0.05, 0) is 43.9 Å². The highest BCUT2D eigenvalue weighted by Gasteiger charge is 2.26. The number of H-pyrrole nitrogens is 1. The molecular formula is C25H27N5OS. The Kier molecular flexibility index (Phi) is 5.99. The quantitative estimate of drug-likeness (QED) is 0.409. The molecule has 1 unspecified atom stereocenters. The van der Waals surface area contributed by atoms with E-state index in [1.54, 1.807) is 0 Å². The van der Waals surface area contributed by atoms with E-state index in [9.17, 15) is 4.79 Å². The van der Waals surface area contributed by atoms with Gasteiger partial charge in [0.25, 0.3) is 0 Å². The Hall–Kier alpha value is -3.06. The number of benzene rings is 2. The summed E-state index contributed by atoms with van der Waals surface area (Å²) in [5, 5.41) is 10.9. The lowest BCUT2D eigenvalue weighted by molar-refractivity contribution is -0.132. The number of nitrogens with one attached hydrogen (secondary N) is 1. The summed E-state index contributed by atoms with van der Waals surface area (Å²) in [5.74, 6) is 1.33. The van der Waals surface area contributed by atoms with E-state index >= 15 is 0 Å². The predicted molar refractivity (Wildman–Crippen MR) is 129 cm³/mol. The monoisotopic (exact) mass is 445 g/mol. The smallest absolute Gasteiger partial charge is 0.233 e. The van der Waals surface area contributed by atoms with Gasteiger partial charge in [0.05, 0.1) is 5.75 Å². The Labute approximate surface area is 192 Å². The molecule has 2 aromatic carbocycles. The van der Waals surface area contributed by atoms with Gasteiger partial charge in [0.15, 0.2) is 11.0 Å². The molecule has 32 heavy (non-hydrogen) atoms. The van der Waals surface area contributed by atoms with Crippen LogP contribution in [0, 0.1) is 0 Å². The number of rotatable bonds is 6. The molecule has 0 radical (unpaired) electrons. The van der Waals surface area contributed by atoms with E-state index < -0.39 is 0 Å². The van der Waals surface area contributed by atoms with E-state index in [-0.39, 0.29) is 5.91 Å². The van der Waals surface area contributed by atoms with Crippen LogP contribution in [0.4, 0.5) is 0 Å². The molecule has 0 aliphatic carbocycles. The molecule has 1 aliphatic heterocycles. The second-order valence-electron chi connectivity index (χ2n) is 8.16. The highest BCUT2D eigenvalue weighted by atomic mass is 32.2. The normalized spacial score (nSPS) is 16.5. The number of aromatic nitrogens is 4. The molecule has 1 N–H and O–H groups in total. The van der Waals surface area contributed by atoms with E-state index in [1.807, 2.05) is 48.7 Å². The summed E-state index contributed by atoms with van der Waals surface area (Å²) in [6.45, 7) is 3.03. The molecule has 1 saturated heterocycles. The number of hydrogen-bond donors (Lipinski definition) is 1. The number of thioether (sulfide) groups is 1. The molecule has 1 fully saturated rings. The van der Waals surface area contributed by atoms with E-state index in [0.717, 1.165) is 58.9 Å². The lowest BCUT2D eigenvalue weighted by Crippen LogP contribution is -2.44. The number of piperidine rings is 1. The Morgan fingerprint density at radius 2 is 1.91 bits per heavy atom. The van der Waals surface area contributed by atoms with Crippen LogP contribution >= 0.6 is 11.8 Å². The zero-order chi connectivity index (χ0) is 21.9. The number of carbonyl (C=O) groups excluding carboxylic acids is 1. The van der Waals surface area contributed by atoms with Crippen LogP contribution in [0.15, 0.2) is 66.0 Å². The van der Waals surface area contributed by atoms with Crippen LogP contribution in [0.25, 0.3) is 28.0 Å². The van der Waals surface area contributed by atoms with Gasteiger partial charge in [0.1, 0.15) is 0 Å². The van der Waals surface area contributed by atoms with E-state index in [4.69, 9.17) is 0 Å². The SMILES string of the molecule is CCC1CCCCN1C(=O)CSc1nnc(-c2c[nH]c3ccccc23)n1-c1ccccc1. The molecule has 0 saturated carbocycles. The largest absolute Gasteiger partial charge is 0.360 e. The number of fused-ring (bicyclic) bond motifs is 1. The Morgan fingerprint density at radius 3 is 2.75 bits per heavy atom. The predicted octanol–water partition coefficient (Wildman–Crippen LogP) is 5.30. The molecule has 1 aliphatic rings. The van der Waals surface area contributed by atoms with Gasteiger partial charge >= 0.3 is 0 Å². The summed E-state index contributed by atoms with van der Waals surface area (Å²) in [4.78, 5) is 18.4. The zero-order valence-electron chi connectivity index (χ0n) is 18.2. The van der Waals surface area contributed by atoms with Crippen molar-refractivity contribution in [2.45, 2.75) is 43.8 Å². The Bertz CT molecular complexity index is 1220. The van der Waals surface area contributed by atoms with Crippen LogP contribution in [-0.4, -0.2) is 48.9 Å². The molecule has 0 bridgehead atoms. The number of aromatic amines is 1. The number of nitrogens with zero attached hydrogens (tertiary/aromatic N) is 4. The molecule has 0 spiro atoms. The Morgan fingerprint density at radius 1 is 1.09 bits per heavy atom. The fourth-order valence-electron chi connectivity index (χ4n) is 4.57. The molecule has 2 aromatic heterocycles. The molecule has 7 heteroatoms. The maximum atomic E-state index is 13.0. The summed E-state index contributed by atoms with van der Waals surface area (Å²) in [5.41, 5.74) is 3.04. The van der Waals surface area contributed by atoms with Crippen molar-refractivity contribution in [2.24, 2.45) is 0 Å². The summed E-state index contributed by atoms with van der Waals surface area (Å²) in [7, 11) is 0. The van der Waals surface area contributed by atoms with Gasteiger partial charge in [0, 0.05) is 40.9 Å². The number of para-hydroxylation sites is 2. The molecule has 3 heterocycles. The average Bonchev–Trinajstić information content (AvgIpc) is 3.47. The zero-order valence-corrected chi connectivity index (χ0v) is 19.0. The first-order chi connectivity index (χ1) is 15.8. The maximum absolute atomic E-state index is 13.0. The van der Waals surface area contributed by atoms with Crippen LogP contribution in [0.3, 0.4) is 0 Å². The van der Waals surface area contributed by atoms with Crippen LogP contribution < -0.4 is 0 Å². The van der Waals surface area contributed by atoms with Crippen molar-refractivity contribution in [3.8, 4) is 17.1 Å². The van der Waals surface area contributed by atoms with Gasteiger partial charge in [0.2, 0.25) is 5.91 Å². The van der Waals surface area contributed by atoms with Gasteiger partial charge in [-0.25, -0.2) is 0 Å². The molecular weight excluding hydrogens is 418 g/mol. The molecule has 5 rings (SSSR count). The molecule has 4 aromatic rings. The topological polar surface area (TPSA) is 66.8 Å². The maximum Gasteiger partial charge on any atom is 0.233 e. The second-order valence-corrected chi connectivity index (χ2v) is 9.10. The minimum atomic E-state index is 0.192. The lowest BCUT2D eigenvalue weighted by atomic mass is 10.0. The minimum absolute atomic E-state index is 0.192. The van der Waals surface area contributed by atoms with Gasteiger partial charge in [-0.3, -0.25) is 9.36 Å². The van der Waals surface area contributed by atoms with Crippen molar-refractivity contribution in [2.75, 3.05) is 12.3 Å². The third-order valence-electron chi connectivity index (χ3n) is 6.22. The first kappa shape index (κ1) is 20.8. The van der Waals surface area contributed by atoms with Crippen molar-refractivity contribution < 1.29 is 4.79 Å². The van der Waals surface area contributed by atoms with E-state index in [2.05, 4.69) is 43.7 Å². The Balaban J connectivity index is 1.47.